The Hall–Kier alpha value is -0.730. The lowest BCUT2D eigenvalue weighted by molar-refractivity contribution is 0.223. The minimum Gasteiger partial charge on any atom is -0.380 e. The summed E-state index contributed by atoms with van der Waals surface area (Å²) in [5.41, 5.74) is 1.32. The van der Waals surface area contributed by atoms with Crippen LogP contribution in [0.2, 0.25) is 0 Å². The molecule has 1 aliphatic rings. The molecule has 0 fully saturated rings. The van der Waals surface area contributed by atoms with E-state index in [1.54, 1.807) is 14.2 Å². The molecule has 0 spiro atoms. The van der Waals surface area contributed by atoms with E-state index in [0.717, 1.165) is 17.7 Å². The highest BCUT2D eigenvalue weighted by atomic mass is 31.1. The van der Waals surface area contributed by atoms with Gasteiger partial charge in [0, 0.05) is 14.2 Å². The molecule has 0 unspecified atom stereocenters. The van der Waals surface area contributed by atoms with Crippen molar-refractivity contribution in [1.82, 2.24) is 4.48 Å². The van der Waals surface area contributed by atoms with Crippen LogP contribution in [0.3, 0.4) is 0 Å². The van der Waals surface area contributed by atoms with Gasteiger partial charge in [0.2, 0.25) is 0 Å². The first-order chi connectivity index (χ1) is 8.99. The fourth-order valence-corrected chi connectivity index (χ4v) is 4.51. The summed E-state index contributed by atoms with van der Waals surface area (Å²) in [6.07, 6.45) is 0. The molecule has 0 bridgehead atoms. The van der Waals surface area contributed by atoms with E-state index >= 15 is 0 Å². The predicted octanol–water partition coefficient (Wildman–Crippen LogP) is 2.51. The Kier molecular flexibility index (Phi) is 4.42. The van der Waals surface area contributed by atoms with E-state index in [-0.39, 0.29) is 7.92 Å². The Labute approximate surface area is 117 Å². The van der Waals surface area contributed by atoms with E-state index in [2.05, 4.69) is 45.4 Å². The van der Waals surface area contributed by atoms with Crippen LogP contribution < -0.4 is 9.79 Å². The molecule has 1 aromatic carbocycles. The van der Waals surface area contributed by atoms with Crippen LogP contribution in [0.15, 0.2) is 34.9 Å². The molecule has 0 radical (unpaired) electrons. The van der Waals surface area contributed by atoms with Crippen molar-refractivity contribution in [1.29, 1.82) is 0 Å². The molecule has 0 aromatic heterocycles. The standard InChI is InChI=1S/C15H23NO2P/c1-16(2,3)12-6-8-13(9-7-12)19-14(10-17-4)15(19)11-18-5/h6-9H,10-11H2,1-5H3/q+1. The van der Waals surface area contributed by atoms with Gasteiger partial charge in [-0.15, -0.1) is 0 Å². The zero-order valence-corrected chi connectivity index (χ0v) is 13.3. The highest BCUT2D eigenvalue weighted by Gasteiger charge is 2.37. The van der Waals surface area contributed by atoms with E-state index in [4.69, 9.17) is 9.47 Å². The third kappa shape index (κ3) is 3.24. The van der Waals surface area contributed by atoms with E-state index in [1.807, 2.05) is 0 Å². The fraction of sp³-hybridized carbons (Fsp3) is 0.467. The van der Waals surface area contributed by atoms with E-state index in [9.17, 15) is 0 Å². The first-order valence-electron chi connectivity index (χ1n) is 6.41. The molecular weight excluding hydrogens is 257 g/mol. The Balaban J connectivity index is 2.12. The molecule has 3 nitrogen and oxygen atoms in total. The maximum Gasteiger partial charge on any atom is 0.132 e. The molecule has 19 heavy (non-hydrogen) atoms. The van der Waals surface area contributed by atoms with E-state index in [0.29, 0.717) is 0 Å². The van der Waals surface area contributed by atoms with Crippen LogP contribution in [-0.2, 0) is 9.47 Å². The average Bonchev–Trinajstić information content (AvgIpc) is 3.02. The molecule has 0 saturated carbocycles. The monoisotopic (exact) mass is 280 g/mol. The molecule has 1 aliphatic heterocycles. The second-order valence-corrected chi connectivity index (χ2v) is 7.89. The number of ether oxygens (including phenoxy) is 2. The van der Waals surface area contributed by atoms with Gasteiger partial charge in [-0.3, -0.25) is 4.48 Å². The van der Waals surface area contributed by atoms with Crippen LogP contribution in [0.5, 0.6) is 0 Å². The van der Waals surface area contributed by atoms with Crippen molar-refractivity contribution < 1.29 is 9.47 Å². The second kappa shape index (κ2) is 5.72. The lowest BCUT2D eigenvalue weighted by Gasteiger charge is -2.23. The molecule has 1 heterocycles. The Morgan fingerprint density at radius 2 is 1.37 bits per heavy atom. The van der Waals surface area contributed by atoms with Crippen LogP contribution in [0.1, 0.15) is 0 Å². The summed E-state index contributed by atoms with van der Waals surface area (Å²) in [7, 11) is 9.80. The van der Waals surface area contributed by atoms with Crippen molar-refractivity contribution in [2.45, 2.75) is 0 Å². The minimum absolute atomic E-state index is 0.256. The van der Waals surface area contributed by atoms with Gasteiger partial charge in [0.05, 0.1) is 34.4 Å². The van der Waals surface area contributed by atoms with Crippen molar-refractivity contribution in [3.63, 3.8) is 0 Å². The molecule has 0 saturated heterocycles. The number of benzene rings is 1. The topological polar surface area (TPSA) is 18.5 Å². The highest BCUT2D eigenvalue weighted by Crippen LogP contribution is 2.68. The Bertz CT molecular complexity index is 458. The van der Waals surface area contributed by atoms with Crippen molar-refractivity contribution in [2.24, 2.45) is 0 Å². The molecule has 0 N–H and O–H groups in total. The van der Waals surface area contributed by atoms with E-state index < -0.39 is 0 Å². The summed E-state index contributed by atoms with van der Waals surface area (Å²) in [6, 6.07) is 8.96. The average molecular weight is 280 g/mol. The number of rotatable bonds is 6. The van der Waals surface area contributed by atoms with Crippen LogP contribution in [0.4, 0.5) is 5.69 Å². The maximum absolute atomic E-state index is 5.27. The summed E-state index contributed by atoms with van der Waals surface area (Å²) in [4.78, 5) is 0. The molecule has 1 aromatic rings. The number of nitrogens with zero attached hydrogens (tertiary/aromatic N) is 1. The van der Waals surface area contributed by atoms with Gasteiger partial charge in [-0.25, -0.2) is 0 Å². The van der Waals surface area contributed by atoms with Gasteiger partial charge in [-0.05, 0) is 48.1 Å². The normalized spacial score (nSPS) is 16.1. The number of hydrogen-bond acceptors (Lipinski definition) is 2. The van der Waals surface area contributed by atoms with Crippen molar-refractivity contribution in [3.05, 3.63) is 34.9 Å². The number of hydrogen-bond donors (Lipinski definition) is 0. The van der Waals surface area contributed by atoms with Gasteiger partial charge in [-0.1, -0.05) is 0 Å². The smallest absolute Gasteiger partial charge is 0.132 e. The summed E-state index contributed by atoms with van der Waals surface area (Å²) < 4.78 is 11.4. The molecule has 104 valence electrons. The third-order valence-electron chi connectivity index (χ3n) is 3.27. The molecule has 4 heteroatoms. The van der Waals surface area contributed by atoms with Crippen LogP contribution in [0, 0.1) is 0 Å². The fourth-order valence-electron chi connectivity index (χ4n) is 2.17. The SMILES string of the molecule is COCC1=C(COC)P1c1ccc([N+](C)(C)C)cc1. The zero-order valence-electron chi connectivity index (χ0n) is 12.4. The van der Waals surface area contributed by atoms with Crippen LogP contribution in [0.25, 0.3) is 0 Å². The predicted molar refractivity (Wildman–Crippen MR) is 83.3 cm³/mol. The second-order valence-electron chi connectivity index (χ2n) is 5.62. The number of quaternary nitrogens is 1. The minimum atomic E-state index is -0.256. The lowest BCUT2D eigenvalue weighted by atomic mass is 10.3. The summed E-state index contributed by atoms with van der Waals surface area (Å²) in [5.74, 6) is 0. The summed E-state index contributed by atoms with van der Waals surface area (Å²) in [5, 5.41) is 4.29. The molecule has 0 aliphatic carbocycles. The van der Waals surface area contributed by atoms with Crippen LogP contribution >= 0.6 is 7.92 Å². The first kappa shape index (κ1) is 14.7. The van der Waals surface area contributed by atoms with Crippen molar-refractivity contribution in [2.75, 3.05) is 48.6 Å². The van der Waals surface area contributed by atoms with Crippen molar-refractivity contribution >= 4 is 18.9 Å². The van der Waals surface area contributed by atoms with Gasteiger partial charge in [0.25, 0.3) is 0 Å². The molecular formula is C15H23NO2P+. The summed E-state index contributed by atoms with van der Waals surface area (Å²) >= 11 is 0. The van der Waals surface area contributed by atoms with Gasteiger partial charge in [-0.2, -0.15) is 0 Å². The third-order valence-corrected chi connectivity index (χ3v) is 5.74. The van der Waals surface area contributed by atoms with E-state index in [1.165, 1.54) is 21.6 Å². The number of methoxy groups -OCH3 is 2. The largest absolute Gasteiger partial charge is 0.380 e. The van der Waals surface area contributed by atoms with Gasteiger partial charge in [0.1, 0.15) is 5.69 Å². The van der Waals surface area contributed by atoms with Gasteiger partial charge < -0.3 is 9.47 Å². The summed E-state index contributed by atoms with van der Waals surface area (Å²) in [6.45, 7) is 1.48. The van der Waals surface area contributed by atoms with Gasteiger partial charge in [0.15, 0.2) is 0 Å². The molecule has 0 amide bonds. The van der Waals surface area contributed by atoms with Crippen molar-refractivity contribution in [3.8, 4) is 0 Å². The molecule has 2 rings (SSSR count). The molecule has 0 atom stereocenters. The quantitative estimate of drug-likeness (QED) is 0.589. The Morgan fingerprint density at radius 3 is 1.74 bits per heavy atom. The lowest BCUT2D eigenvalue weighted by Crippen LogP contribution is -2.34. The van der Waals surface area contributed by atoms with Crippen LogP contribution in [-0.4, -0.2) is 48.6 Å². The maximum atomic E-state index is 5.27. The van der Waals surface area contributed by atoms with Gasteiger partial charge >= 0.3 is 0 Å². The Morgan fingerprint density at radius 1 is 0.895 bits per heavy atom. The highest BCUT2D eigenvalue weighted by molar-refractivity contribution is 7.80. The zero-order chi connectivity index (χ0) is 14.0. The first-order valence-corrected chi connectivity index (χ1v) is 7.75.